The largest absolute Gasteiger partial charge is 0.497 e. The summed E-state index contributed by atoms with van der Waals surface area (Å²) in [4.78, 5) is 0. The number of nitrogens with two attached hydrogens (primary N) is 1. The normalized spacial score (nSPS) is 9.69. The highest BCUT2D eigenvalue weighted by Gasteiger charge is 1.96. The van der Waals surface area contributed by atoms with E-state index in [0.29, 0.717) is 6.54 Å². The first-order valence-electron chi connectivity index (χ1n) is 4.26. The lowest BCUT2D eigenvalue weighted by molar-refractivity contribution is 0.414. The molecule has 70 valence electrons. The van der Waals surface area contributed by atoms with E-state index < -0.39 is 0 Å². The Morgan fingerprint density at radius 3 is 2.46 bits per heavy atom. The molecule has 1 rings (SSSR count). The maximum atomic E-state index is 5.45. The lowest BCUT2D eigenvalue weighted by Gasteiger charge is -2.04. The van der Waals surface area contributed by atoms with Crippen LogP contribution in [0.25, 0.3) is 0 Å². The molecule has 0 aliphatic carbocycles. The van der Waals surface area contributed by atoms with E-state index in [1.165, 1.54) is 5.56 Å². The van der Waals surface area contributed by atoms with Crippen LogP contribution in [0, 0.1) is 0 Å². The van der Waals surface area contributed by atoms with Crippen LogP contribution >= 0.6 is 0 Å². The summed E-state index contributed by atoms with van der Waals surface area (Å²) in [6.45, 7) is 4.40. The van der Waals surface area contributed by atoms with Crippen molar-refractivity contribution in [2.45, 2.75) is 6.42 Å². The Hall–Kier alpha value is -1.28. The molecule has 0 spiro atoms. The SMILES string of the molecule is C=C(CN)Cc1ccc(OC)cc1. The third kappa shape index (κ3) is 2.92. The Kier molecular flexibility index (Phi) is 3.53. The summed E-state index contributed by atoms with van der Waals surface area (Å²) in [5.74, 6) is 0.877. The number of hydrogen-bond donors (Lipinski definition) is 1. The molecule has 1 aromatic rings. The van der Waals surface area contributed by atoms with Crippen LogP contribution in [0.5, 0.6) is 5.75 Å². The first-order valence-corrected chi connectivity index (χ1v) is 4.26. The van der Waals surface area contributed by atoms with Crippen molar-refractivity contribution in [3.05, 3.63) is 42.0 Å². The van der Waals surface area contributed by atoms with Gasteiger partial charge in [-0.25, -0.2) is 0 Å². The molecule has 0 radical (unpaired) electrons. The summed E-state index contributed by atoms with van der Waals surface area (Å²) in [5, 5.41) is 0. The minimum atomic E-state index is 0.548. The third-order valence-electron chi connectivity index (χ3n) is 1.90. The van der Waals surface area contributed by atoms with Crippen molar-refractivity contribution in [2.75, 3.05) is 13.7 Å². The summed E-state index contributed by atoms with van der Waals surface area (Å²) in [5.41, 5.74) is 7.72. The van der Waals surface area contributed by atoms with Crippen LogP contribution in [0.3, 0.4) is 0 Å². The average Bonchev–Trinajstić information content (AvgIpc) is 2.19. The molecule has 0 aliphatic rings. The van der Waals surface area contributed by atoms with Crippen molar-refractivity contribution in [3.8, 4) is 5.75 Å². The zero-order valence-corrected chi connectivity index (χ0v) is 7.92. The smallest absolute Gasteiger partial charge is 0.118 e. The summed E-state index contributed by atoms with van der Waals surface area (Å²) < 4.78 is 5.05. The monoisotopic (exact) mass is 177 g/mol. The number of methoxy groups -OCH3 is 1. The van der Waals surface area contributed by atoms with E-state index in [0.717, 1.165) is 17.7 Å². The summed E-state index contributed by atoms with van der Waals surface area (Å²) in [6.07, 6.45) is 0.848. The zero-order valence-electron chi connectivity index (χ0n) is 7.92. The van der Waals surface area contributed by atoms with E-state index >= 15 is 0 Å². The molecular formula is C11H15NO. The molecular weight excluding hydrogens is 162 g/mol. The second-order valence-electron chi connectivity index (χ2n) is 2.98. The predicted octanol–water partition coefficient (Wildman–Crippen LogP) is 1.75. The zero-order chi connectivity index (χ0) is 9.68. The highest BCUT2D eigenvalue weighted by atomic mass is 16.5. The van der Waals surface area contributed by atoms with Gasteiger partial charge in [-0.05, 0) is 24.1 Å². The molecule has 2 heteroatoms. The standard InChI is InChI=1S/C11H15NO/c1-9(8-12)7-10-3-5-11(13-2)6-4-10/h3-6H,1,7-8,12H2,2H3. The van der Waals surface area contributed by atoms with Gasteiger partial charge < -0.3 is 10.5 Å². The molecule has 0 saturated carbocycles. The Morgan fingerprint density at radius 1 is 1.38 bits per heavy atom. The van der Waals surface area contributed by atoms with Gasteiger partial charge in [0.05, 0.1) is 7.11 Å². The molecule has 1 aromatic carbocycles. The summed E-state index contributed by atoms with van der Waals surface area (Å²) in [7, 11) is 1.66. The van der Waals surface area contributed by atoms with Gasteiger partial charge in [0, 0.05) is 6.54 Å². The second-order valence-corrected chi connectivity index (χ2v) is 2.98. The van der Waals surface area contributed by atoms with Crippen molar-refractivity contribution in [2.24, 2.45) is 5.73 Å². The minimum absolute atomic E-state index is 0.548. The molecule has 0 bridgehead atoms. The highest BCUT2D eigenvalue weighted by Crippen LogP contribution is 2.13. The quantitative estimate of drug-likeness (QED) is 0.711. The molecule has 2 N–H and O–H groups in total. The molecule has 2 nitrogen and oxygen atoms in total. The van der Waals surface area contributed by atoms with E-state index in [1.54, 1.807) is 7.11 Å². The van der Waals surface area contributed by atoms with Crippen LogP contribution in [0.15, 0.2) is 36.4 Å². The van der Waals surface area contributed by atoms with Gasteiger partial charge in [-0.2, -0.15) is 0 Å². The molecule has 0 saturated heterocycles. The molecule has 0 unspecified atom stereocenters. The van der Waals surface area contributed by atoms with Crippen LogP contribution in [0.2, 0.25) is 0 Å². The van der Waals surface area contributed by atoms with E-state index in [1.807, 2.05) is 24.3 Å². The van der Waals surface area contributed by atoms with Crippen LogP contribution in [-0.2, 0) is 6.42 Å². The van der Waals surface area contributed by atoms with Gasteiger partial charge in [0.2, 0.25) is 0 Å². The Bertz CT molecular complexity index is 277. The Labute approximate surface area is 79.0 Å². The summed E-state index contributed by atoms with van der Waals surface area (Å²) >= 11 is 0. The van der Waals surface area contributed by atoms with Gasteiger partial charge in [0.15, 0.2) is 0 Å². The van der Waals surface area contributed by atoms with Crippen molar-refractivity contribution < 1.29 is 4.74 Å². The van der Waals surface area contributed by atoms with Gasteiger partial charge in [0.25, 0.3) is 0 Å². The highest BCUT2D eigenvalue weighted by molar-refractivity contribution is 5.29. The summed E-state index contributed by atoms with van der Waals surface area (Å²) in [6, 6.07) is 7.94. The molecule has 0 aromatic heterocycles. The van der Waals surface area contributed by atoms with Crippen LogP contribution in [-0.4, -0.2) is 13.7 Å². The topological polar surface area (TPSA) is 35.2 Å². The Morgan fingerprint density at radius 2 is 2.00 bits per heavy atom. The molecule has 0 aliphatic heterocycles. The van der Waals surface area contributed by atoms with Crippen LogP contribution in [0.4, 0.5) is 0 Å². The van der Waals surface area contributed by atoms with Gasteiger partial charge in [-0.15, -0.1) is 0 Å². The number of benzene rings is 1. The molecule has 0 fully saturated rings. The number of hydrogen-bond acceptors (Lipinski definition) is 2. The third-order valence-corrected chi connectivity index (χ3v) is 1.90. The maximum Gasteiger partial charge on any atom is 0.118 e. The fraction of sp³-hybridized carbons (Fsp3) is 0.273. The van der Waals surface area contributed by atoms with Crippen molar-refractivity contribution >= 4 is 0 Å². The van der Waals surface area contributed by atoms with E-state index in [2.05, 4.69) is 6.58 Å². The molecule has 0 heterocycles. The van der Waals surface area contributed by atoms with E-state index in [4.69, 9.17) is 10.5 Å². The lowest BCUT2D eigenvalue weighted by Crippen LogP contribution is -2.04. The van der Waals surface area contributed by atoms with Crippen LogP contribution in [0.1, 0.15) is 5.56 Å². The number of ether oxygens (including phenoxy) is 1. The van der Waals surface area contributed by atoms with Gasteiger partial charge in [-0.3, -0.25) is 0 Å². The molecule has 0 atom stereocenters. The van der Waals surface area contributed by atoms with Gasteiger partial charge in [-0.1, -0.05) is 24.3 Å². The van der Waals surface area contributed by atoms with Crippen LogP contribution < -0.4 is 10.5 Å². The van der Waals surface area contributed by atoms with Crippen molar-refractivity contribution in [3.63, 3.8) is 0 Å². The van der Waals surface area contributed by atoms with E-state index in [-0.39, 0.29) is 0 Å². The lowest BCUT2D eigenvalue weighted by atomic mass is 10.1. The van der Waals surface area contributed by atoms with E-state index in [9.17, 15) is 0 Å². The average molecular weight is 177 g/mol. The first-order chi connectivity index (χ1) is 6.26. The fourth-order valence-corrected chi connectivity index (χ4v) is 1.10. The van der Waals surface area contributed by atoms with Gasteiger partial charge in [0.1, 0.15) is 5.75 Å². The van der Waals surface area contributed by atoms with Gasteiger partial charge >= 0.3 is 0 Å². The Balaban J connectivity index is 2.64. The fourth-order valence-electron chi connectivity index (χ4n) is 1.10. The minimum Gasteiger partial charge on any atom is -0.497 e. The van der Waals surface area contributed by atoms with Crippen molar-refractivity contribution in [1.82, 2.24) is 0 Å². The maximum absolute atomic E-state index is 5.45. The predicted molar refractivity (Wildman–Crippen MR) is 54.9 cm³/mol. The molecule has 0 amide bonds. The second kappa shape index (κ2) is 4.67. The van der Waals surface area contributed by atoms with Crippen molar-refractivity contribution in [1.29, 1.82) is 0 Å². The first kappa shape index (κ1) is 9.81. The molecule has 13 heavy (non-hydrogen) atoms. The number of rotatable bonds is 4.